The van der Waals surface area contributed by atoms with Crippen LogP contribution in [0.25, 0.3) is 23.0 Å². The number of methoxy groups -OCH3 is 3. The van der Waals surface area contributed by atoms with Crippen molar-refractivity contribution in [1.82, 2.24) is 20.0 Å². The van der Waals surface area contributed by atoms with Crippen LogP contribution in [0, 0.1) is 0 Å². The molecule has 0 atom stereocenters. The van der Waals surface area contributed by atoms with Gasteiger partial charge in [-0.2, -0.15) is 4.98 Å². The molecule has 2 aromatic heterocycles. The molecule has 0 radical (unpaired) electrons. The fourth-order valence-electron chi connectivity index (χ4n) is 3.42. The van der Waals surface area contributed by atoms with Gasteiger partial charge in [-0.1, -0.05) is 23.4 Å². The normalized spacial score (nSPS) is 10.6. The Kier molecular flexibility index (Phi) is 6.58. The van der Waals surface area contributed by atoms with Gasteiger partial charge in [0.05, 0.1) is 21.3 Å². The lowest BCUT2D eigenvalue weighted by atomic mass is 10.2. The van der Waals surface area contributed by atoms with Crippen molar-refractivity contribution in [2.45, 2.75) is 13.1 Å². The van der Waals surface area contributed by atoms with Crippen LogP contribution in [0.1, 0.15) is 5.56 Å². The predicted octanol–water partition coefficient (Wildman–Crippen LogP) is 3.55. The second-order valence-corrected chi connectivity index (χ2v) is 7.10. The molecule has 9 heteroatoms. The summed E-state index contributed by atoms with van der Waals surface area (Å²) in [5.74, 6) is 2.46. The van der Waals surface area contributed by atoms with Gasteiger partial charge in [0.2, 0.25) is 11.7 Å². The quantitative estimate of drug-likeness (QED) is 0.418. The molecule has 170 valence electrons. The molecule has 0 unspecified atom stereocenters. The number of carbonyl (C=O) groups is 1. The van der Waals surface area contributed by atoms with E-state index in [4.69, 9.17) is 18.7 Å². The van der Waals surface area contributed by atoms with Crippen LogP contribution in [0.15, 0.2) is 65.3 Å². The molecule has 0 spiro atoms. The monoisotopic (exact) mass is 448 g/mol. The Hall–Kier alpha value is -4.27. The number of rotatable bonds is 9. The number of benzene rings is 2. The molecule has 1 N–H and O–H groups in total. The predicted molar refractivity (Wildman–Crippen MR) is 121 cm³/mol. The Labute approximate surface area is 190 Å². The zero-order chi connectivity index (χ0) is 23.2. The van der Waals surface area contributed by atoms with Crippen molar-refractivity contribution in [2.24, 2.45) is 0 Å². The highest BCUT2D eigenvalue weighted by molar-refractivity contribution is 5.76. The first-order valence-corrected chi connectivity index (χ1v) is 10.2. The Morgan fingerprint density at radius 2 is 1.76 bits per heavy atom. The Morgan fingerprint density at radius 3 is 2.55 bits per heavy atom. The number of ether oxygens (including phenoxy) is 3. The van der Waals surface area contributed by atoms with Crippen molar-refractivity contribution in [2.75, 3.05) is 21.3 Å². The molecular formula is C24H24N4O5. The molecule has 4 rings (SSSR count). The molecule has 33 heavy (non-hydrogen) atoms. The standard InChI is InChI=1S/C24H24N4O5/c1-30-19-9-5-4-7-17(19)14-25-22(29)15-28-12-6-8-18(28)24-26-23(27-33-24)16-10-11-20(31-2)21(13-16)32-3/h4-13H,14-15H2,1-3H3,(H,25,29). The minimum Gasteiger partial charge on any atom is -0.496 e. The van der Waals surface area contributed by atoms with Crippen LogP contribution in [0.2, 0.25) is 0 Å². The van der Waals surface area contributed by atoms with E-state index in [2.05, 4.69) is 15.5 Å². The Balaban J connectivity index is 1.47. The summed E-state index contributed by atoms with van der Waals surface area (Å²) in [6.45, 7) is 0.467. The molecular weight excluding hydrogens is 424 g/mol. The molecule has 9 nitrogen and oxygen atoms in total. The van der Waals surface area contributed by atoms with Crippen molar-refractivity contribution >= 4 is 5.91 Å². The fourth-order valence-corrected chi connectivity index (χ4v) is 3.42. The average Bonchev–Trinajstić information content (AvgIpc) is 3.52. The molecule has 0 fully saturated rings. The van der Waals surface area contributed by atoms with E-state index in [-0.39, 0.29) is 12.5 Å². The zero-order valence-electron chi connectivity index (χ0n) is 18.6. The average molecular weight is 448 g/mol. The third-order valence-corrected chi connectivity index (χ3v) is 5.10. The van der Waals surface area contributed by atoms with E-state index in [1.165, 1.54) is 0 Å². The molecule has 0 saturated carbocycles. The molecule has 0 saturated heterocycles. The van der Waals surface area contributed by atoms with Gasteiger partial charge in [-0.05, 0) is 36.4 Å². The van der Waals surface area contributed by atoms with Crippen molar-refractivity contribution in [3.8, 4) is 40.2 Å². The van der Waals surface area contributed by atoms with Gasteiger partial charge in [-0.25, -0.2) is 0 Å². The van der Waals surface area contributed by atoms with Gasteiger partial charge in [0.25, 0.3) is 5.89 Å². The van der Waals surface area contributed by atoms with E-state index in [9.17, 15) is 4.79 Å². The zero-order valence-corrected chi connectivity index (χ0v) is 18.6. The van der Waals surface area contributed by atoms with E-state index in [0.717, 1.165) is 16.9 Å². The number of hydrogen-bond donors (Lipinski definition) is 1. The topological polar surface area (TPSA) is 101 Å². The van der Waals surface area contributed by atoms with Crippen molar-refractivity contribution in [3.63, 3.8) is 0 Å². The van der Waals surface area contributed by atoms with Gasteiger partial charge in [-0.3, -0.25) is 4.79 Å². The maximum atomic E-state index is 12.6. The molecule has 4 aromatic rings. The number of carbonyl (C=O) groups excluding carboxylic acids is 1. The van der Waals surface area contributed by atoms with Crippen LogP contribution >= 0.6 is 0 Å². The van der Waals surface area contributed by atoms with Crippen LogP contribution in [0.4, 0.5) is 0 Å². The van der Waals surface area contributed by atoms with E-state index in [1.54, 1.807) is 44.2 Å². The minimum absolute atomic E-state index is 0.103. The molecule has 2 heterocycles. The van der Waals surface area contributed by atoms with E-state index >= 15 is 0 Å². The maximum Gasteiger partial charge on any atom is 0.274 e. The van der Waals surface area contributed by atoms with Crippen LogP contribution in [-0.4, -0.2) is 41.9 Å². The van der Waals surface area contributed by atoms with Gasteiger partial charge < -0.3 is 28.6 Å². The van der Waals surface area contributed by atoms with Crippen LogP contribution in [0.5, 0.6) is 17.2 Å². The third-order valence-electron chi connectivity index (χ3n) is 5.10. The van der Waals surface area contributed by atoms with Crippen molar-refractivity contribution < 1.29 is 23.5 Å². The first kappa shape index (κ1) is 21.9. The van der Waals surface area contributed by atoms with Crippen LogP contribution in [0.3, 0.4) is 0 Å². The van der Waals surface area contributed by atoms with Crippen LogP contribution in [-0.2, 0) is 17.9 Å². The van der Waals surface area contributed by atoms with Crippen molar-refractivity contribution in [1.29, 1.82) is 0 Å². The number of nitrogens with zero attached hydrogens (tertiary/aromatic N) is 3. The van der Waals surface area contributed by atoms with E-state index in [1.807, 2.05) is 42.5 Å². The van der Waals surface area contributed by atoms with Gasteiger partial charge in [0, 0.05) is 23.9 Å². The molecule has 0 aliphatic rings. The summed E-state index contributed by atoms with van der Waals surface area (Å²) >= 11 is 0. The lowest BCUT2D eigenvalue weighted by molar-refractivity contribution is -0.121. The Bertz CT molecular complexity index is 1250. The summed E-state index contributed by atoms with van der Waals surface area (Å²) in [6, 6.07) is 16.6. The van der Waals surface area contributed by atoms with E-state index in [0.29, 0.717) is 35.5 Å². The second kappa shape index (κ2) is 9.90. The second-order valence-electron chi connectivity index (χ2n) is 7.10. The van der Waals surface area contributed by atoms with E-state index < -0.39 is 0 Å². The molecule has 1 amide bonds. The highest BCUT2D eigenvalue weighted by Gasteiger charge is 2.17. The number of hydrogen-bond acceptors (Lipinski definition) is 7. The summed E-state index contributed by atoms with van der Waals surface area (Å²) in [4.78, 5) is 17.1. The highest BCUT2D eigenvalue weighted by Crippen LogP contribution is 2.32. The summed E-state index contributed by atoms with van der Waals surface area (Å²) < 4.78 is 23.2. The minimum atomic E-state index is -0.155. The number of amides is 1. The summed E-state index contributed by atoms with van der Waals surface area (Å²) in [7, 11) is 4.74. The smallest absolute Gasteiger partial charge is 0.274 e. The molecule has 0 aliphatic carbocycles. The highest BCUT2D eigenvalue weighted by atomic mass is 16.5. The SMILES string of the molecule is COc1ccccc1CNC(=O)Cn1cccc1-c1nc(-c2ccc(OC)c(OC)c2)no1. The van der Waals surface area contributed by atoms with Gasteiger partial charge >= 0.3 is 0 Å². The lowest BCUT2D eigenvalue weighted by Gasteiger charge is -2.10. The number of para-hydroxylation sites is 1. The van der Waals surface area contributed by atoms with Crippen LogP contribution < -0.4 is 19.5 Å². The first-order chi connectivity index (χ1) is 16.1. The third kappa shape index (κ3) is 4.82. The Morgan fingerprint density at radius 1 is 0.970 bits per heavy atom. The summed E-state index contributed by atoms with van der Waals surface area (Å²) in [5, 5.41) is 6.99. The summed E-state index contributed by atoms with van der Waals surface area (Å²) in [6.07, 6.45) is 1.79. The molecule has 0 bridgehead atoms. The maximum absolute atomic E-state index is 12.6. The van der Waals surface area contributed by atoms with Gasteiger partial charge in [0.1, 0.15) is 18.0 Å². The fraction of sp³-hybridized carbons (Fsp3) is 0.208. The van der Waals surface area contributed by atoms with Crippen molar-refractivity contribution in [3.05, 3.63) is 66.4 Å². The first-order valence-electron chi connectivity index (χ1n) is 10.2. The largest absolute Gasteiger partial charge is 0.496 e. The lowest BCUT2D eigenvalue weighted by Crippen LogP contribution is -2.27. The van der Waals surface area contributed by atoms with Gasteiger partial charge in [-0.15, -0.1) is 0 Å². The summed E-state index contributed by atoms with van der Waals surface area (Å²) in [5.41, 5.74) is 2.26. The molecule has 0 aliphatic heterocycles. The number of aromatic nitrogens is 3. The molecule has 2 aromatic carbocycles. The number of nitrogens with one attached hydrogen (secondary N) is 1. The van der Waals surface area contributed by atoms with Gasteiger partial charge in [0.15, 0.2) is 11.5 Å².